The van der Waals surface area contributed by atoms with Crippen molar-refractivity contribution in [2.45, 2.75) is 26.0 Å². The summed E-state index contributed by atoms with van der Waals surface area (Å²) in [5.41, 5.74) is 7.77. The normalized spacial score (nSPS) is 24.3. The zero-order chi connectivity index (χ0) is 13.1. The maximum Gasteiger partial charge on any atom is 0.0772 e. The topological polar surface area (TPSA) is 38.5 Å². The van der Waals surface area contributed by atoms with Crippen molar-refractivity contribution in [3.05, 3.63) is 28.8 Å². The van der Waals surface area contributed by atoms with Crippen LogP contribution in [0.25, 0.3) is 0 Å². The average Bonchev–Trinajstić information content (AvgIpc) is 2.39. The molecule has 2 unspecified atom stereocenters. The molecule has 1 fully saturated rings. The summed E-state index contributed by atoms with van der Waals surface area (Å²) in [6.45, 7) is 4.70. The van der Waals surface area contributed by atoms with Gasteiger partial charge in [-0.1, -0.05) is 24.6 Å². The van der Waals surface area contributed by atoms with Crippen molar-refractivity contribution in [1.29, 1.82) is 0 Å². The van der Waals surface area contributed by atoms with Gasteiger partial charge in [0.2, 0.25) is 0 Å². The Morgan fingerprint density at radius 1 is 1.50 bits per heavy atom. The first kappa shape index (κ1) is 13.7. The second-order valence-electron chi connectivity index (χ2n) is 4.98. The van der Waals surface area contributed by atoms with E-state index in [9.17, 15) is 0 Å². The van der Waals surface area contributed by atoms with Crippen LogP contribution in [0.4, 0.5) is 5.69 Å². The maximum absolute atomic E-state index is 6.33. The average molecular weight is 269 g/mol. The predicted molar refractivity (Wildman–Crippen MR) is 76.1 cm³/mol. The molecule has 0 saturated carbocycles. The number of ether oxygens (including phenoxy) is 1. The van der Waals surface area contributed by atoms with Crippen LogP contribution in [-0.2, 0) is 11.3 Å². The number of benzene rings is 1. The van der Waals surface area contributed by atoms with E-state index in [0.717, 1.165) is 35.8 Å². The number of nitrogens with two attached hydrogens (primary N) is 1. The third kappa shape index (κ3) is 2.79. The van der Waals surface area contributed by atoms with E-state index in [2.05, 4.69) is 17.9 Å². The van der Waals surface area contributed by atoms with Crippen molar-refractivity contribution in [2.75, 3.05) is 25.1 Å². The largest absolute Gasteiger partial charge is 0.379 e. The summed E-state index contributed by atoms with van der Waals surface area (Å²) in [7, 11) is 1.78. The second-order valence-corrected chi connectivity index (χ2v) is 5.38. The second kappa shape index (κ2) is 5.91. The molecule has 0 bridgehead atoms. The van der Waals surface area contributed by atoms with Crippen molar-refractivity contribution in [1.82, 2.24) is 0 Å². The first-order valence-corrected chi connectivity index (χ1v) is 6.79. The van der Waals surface area contributed by atoms with Gasteiger partial charge in [0.05, 0.1) is 16.8 Å². The zero-order valence-corrected chi connectivity index (χ0v) is 11.8. The lowest BCUT2D eigenvalue weighted by Crippen LogP contribution is -2.44. The Morgan fingerprint density at radius 3 is 2.89 bits per heavy atom. The molecule has 1 aliphatic rings. The van der Waals surface area contributed by atoms with E-state index in [0.29, 0.717) is 12.5 Å². The van der Waals surface area contributed by atoms with Gasteiger partial charge in [-0.25, -0.2) is 0 Å². The van der Waals surface area contributed by atoms with Gasteiger partial charge in [-0.2, -0.15) is 0 Å². The lowest BCUT2D eigenvalue weighted by Gasteiger charge is -2.38. The summed E-state index contributed by atoms with van der Waals surface area (Å²) in [5, 5.41) is 0.780. The van der Waals surface area contributed by atoms with E-state index in [4.69, 9.17) is 22.1 Å². The summed E-state index contributed by atoms with van der Waals surface area (Å²) in [5.74, 6) is 0.605. The molecule has 0 aromatic heterocycles. The van der Waals surface area contributed by atoms with Crippen LogP contribution in [0.5, 0.6) is 0 Å². The van der Waals surface area contributed by atoms with E-state index in [1.807, 2.05) is 12.1 Å². The highest BCUT2D eigenvalue weighted by Gasteiger charge is 2.26. The van der Waals surface area contributed by atoms with Crippen LogP contribution in [0, 0.1) is 5.92 Å². The predicted octanol–water partition coefficient (Wildman–Crippen LogP) is 2.66. The van der Waals surface area contributed by atoms with E-state index in [1.54, 1.807) is 7.11 Å². The van der Waals surface area contributed by atoms with Gasteiger partial charge in [-0.15, -0.1) is 0 Å². The monoisotopic (exact) mass is 268 g/mol. The fourth-order valence-electron chi connectivity index (χ4n) is 2.49. The summed E-state index contributed by atoms with van der Waals surface area (Å²) in [6, 6.07) is 6.06. The number of halogens is 1. The highest BCUT2D eigenvalue weighted by atomic mass is 35.5. The van der Waals surface area contributed by atoms with Gasteiger partial charge < -0.3 is 15.4 Å². The van der Waals surface area contributed by atoms with Gasteiger partial charge in [-0.05, 0) is 30.0 Å². The van der Waals surface area contributed by atoms with E-state index < -0.39 is 0 Å². The summed E-state index contributed by atoms with van der Waals surface area (Å²) < 4.78 is 5.54. The third-order valence-electron chi connectivity index (χ3n) is 3.78. The molecule has 1 saturated heterocycles. The lowest BCUT2D eigenvalue weighted by atomic mass is 9.95. The Labute approximate surface area is 114 Å². The molecule has 1 aromatic carbocycles. The third-order valence-corrected chi connectivity index (χ3v) is 4.08. The van der Waals surface area contributed by atoms with Crippen LogP contribution < -0.4 is 10.6 Å². The maximum atomic E-state index is 6.33. The van der Waals surface area contributed by atoms with Gasteiger partial charge in [0.25, 0.3) is 0 Å². The molecule has 18 heavy (non-hydrogen) atoms. The Kier molecular flexibility index (Phi) is 4.49. The molecule has 0 aliphatic carbocycles. The van der Waals surface area contributed by atoms with Crippen molar-refractivity contribution < 1.29 is 4.74 Å². The number of piperidine rings is 1. The molecule has 3 nitrogen and oxygen atoms in total. The Bertz CT molecular complexity index is 411. The molecule has 2 rings (SSSR count). The summed E-state index contributed by atoms with van der Waals surface area (Å²) in [4.78, 5) is 2.30. The minimum Gasteiger partial charge on any atom is -0.379 e. The molecule has 1 aromatic rings. The molecule has 1 heterocycles. The van der Waals surface area contributed by atoms with E-state index in [1.165, 1.54) is 0 Å². The number of anilines is 1. The van der Waals surface area contributed by atoms with Crippen molar-refractivity contribution >= 4 is 17.3 Å². The Morgan fingerprint density at radius 2 is 2.28 bits per heavy atom. The van der Waals surface area contributed by atoms with Gasteiger partial charge in [0.15, 0.2) is 0 Å². The first-order valence-electron chi connectivity index (χ1n) is 6.42. The fourth-order valence-corrected chi connectivity index (χ4v) is 2.82. The Balaban J connectivity index is 2.16. The van der Waals surface area contributed by atoms with Crippen LogP contribution >= 0.6 is 11.6 Å². The van der Waals surface area contributed by atoms with Crippen LogP contribution in [-0.4, -0.2) is 26.3 Å². The van der Waals surface area contributed by atoms with Crippen molar-refractivity contribution in [3.8, 4) is 0 Å². The number of nitrogens with zero attached hydrogens (tertiary/aromatic N) is 1. The number of hydrogen-bond donors (Lipinski definition) is 1. The quantitative estimate of drug-likeness (QED) is 0.916. The highest BCUT2D eigenvalue weighted by molar-refractivity contribution is 6.33. The number of rotatable bonds is 3. The Hall–Kier alpha value is -0.770. The van der Waals surface area contributed by atoms with Crippen molar-refractivity contribution in [2.24, 2.45) is 11.7 Å². The molecule has 0 radical (unpaired) electrons. The molecule has 2 atom stereocenters. The van der Waals surface area contributed by atoms with E-state index in [-0.39, 0.29) is 6.10 Å². The molecule has 2 N–H and O–H groups in total. The van der Waals surface area contributed by atoms with Gasteiger partial charge in [-0.3, -0.25) is 0 Å². The molecule has 1 aliphatic heterocycles. The number of methoxy groups -OCH3 is 1. The molecule has 100 valence electrons. The van der Waals surface area contributed by atoms with Gasteiger partial charge in [0, 0.05) is 26.7 Å². The van der Waals surface area contributed by atoms with Crippen molar-refractivity contribution in [3.63, 3.8) is 0 Å². The smallest absolute Gasteiger partial charge is 0.0772 e. The highest BCUT2D eigenvalue weighted by Crippen LogP contribution is 2.31. The van der Waals surface area contributed by atoms with E-state index >= 15 is 0 Å². The zero-order valence-electron chi connectivity index (χ0n) is 11.0. The van der Waals surface area contributed by atoms with Crippen LogP contribution in [0.3, 0.4) is 0 Å². The molecule has 0 amide bonds. The minimum absolute atomic E-state index is 0.281. The van der Waals surface area contributed by atoms with Gasteiger partial charge in [0.1, 0.15) is 0 Å². The first-order chi connectivity index (χ1) is 8.65. The molecule has 0 spiro atoms. The SMILES string of the molecule is COC1CN(c2ccc(CN)cc2Cl)CCC1C. The fraction of sp³-hybridized carbons (Fsp3) is 0.571. The van der Waals surface area contributed by atoms with Crippen LogP contribution in [0.2, 0.25) is 5.02 Å². The molecular weight excluding hydrogens is 248 g/mol. The standard InChI is InChI=1S/C14H21ClN2O/c1-10-5-6-17(9-14(10)18-2)13-4-3-11(8-16)7-12(13)15/h3-4,7,10,14H,5-6,8-9,16H2,1-2H3. The number of hydrogen-bond acceptors (Lipinski definition) is 3. The summed E-state index contributed by atoms with van der Waals surface area (Å²) in [6.07, 6.45) is 1.41. The van der Waals surface area contributed by atoms with Crippen LogP contribution in [0.15, 0.2) is 18.2 Å². The molecule has 4 heteroatoms. The minimum atomic E-state index is 0.281. The molecular formula is C14H21ClN2O. The lowest BCUT2D eigenvalue weighted by molar-refractivity contribution is 0.0498. The van der Waals surface area contributed by atoms with Crippen LogP contribution in [0.1, 0.15) is 18.9 Å². The van der Waals surface area contributed by atoms with Gasteiger partial charge >= 0.3 is 0 Å². The summed E-state index contributed by atoms with van der Waals surface area (Å²) >= 11 is 6.33.